The van der Waals surface area contributed by atoms with E-state index in [0.717, 1.165) is 0 Å². The average Bonchev–Trinajstić information content (AvgIpc) is 2.40. The Kier molecular flexibility index (Phi) is 9.50. The number of H-pyrrole nitrogens is 1. The van der Waals surface area contributed by atoms with Crippen molar-refractivity contribution in [3.8, 4) is 12.0 Å². The summed E-state index contributed by atoms with van der Waals surface area (Å²) < 4.78 is 9.27. The van der Waals surface area contributed by atoms with E-state index in [-0.39, 0.29) is 64.8 Å². The van der Waals surface area contributed by atoms with Gasteiger partial charge in [-0.05, 0) is 0 Å². The van der Waals surface area contributed by atoms with Crippen LogP contribution in [-0.4, -0.2) is 44.1 Å². The van der Waals surface area contributed by atoms with E-state index in [4.69, 9.17) is 0 Å². The van der Waals surface area contributed by atoms with Crippen LogP contribution in [0.15, 0.2) is 23.8 Å². The van der Waals surface area contributed by atoms with E-state index in [1.54, 1.807) is 0 Å². The molecule has 10 heteroatoms. The van der Waals surface area contributed by atoms with Crippen LogP contribution in [0.1, 0.15) is 1.43 Å². The number of methoxy groups -OCH3 is 2. The van der Waals surface area contributed by atoms with E-state index in [1.165, 1.54) is 33.2 Å². The minimum absolute atomic E-state index is 0. The first-order valence-electron chi connectivity index (χ1n) is 4.37. The van der Waals surface area contributed by atoms with E-state index in [0.29, 0.717) is 0 Å². The Balaban J connectivity index is 0. The summed E-state index contributed by atoms with van der Waals surface area (Å²) in [4.78, 5) is 30.6. The van der Waals surface area contributed by atoms with Crippen molar-refractivity contribution in [2.75, 3.05) is 14.2 Å². The maximum absolute atomic E-state index is 10.7. The van der Waals surface area contributed by atoms with Crippen molar-refractivity contribution in [3.63, 3.8) is 0 Å². The summed E-state index contributed by atoms with van der Waals surface area (Å²) >= 11 is 0. The van der Waals surface area contributed by atoms with E-state index in [9.17, 15) is 4.79 Å². The topological polar surface area (TPSA) is 116 Å². The van der Waals surface area contributed by atoms with Crippen molar-refractivity contribution in [3.05, 3.63) is 29.5 Å². The van der Waals surface area contributed by atoms with Crippen LogP contribution in [0.2, 0.25) is 0 Å². The molecular formula is C8H11KN6O3. The molecule has 1 N–H and O–H groups in total. The van der Waals surface area contributed by atoms with Crippen molar-refractivity contribution in [1.29, 1.82) is 0 Å². The van der Waals surface area contributed by atoms with Crippen LogP contribution in [-0.2, 0) is 0 Å². The third-order valence-corrected chi connectivity index (χ3v) is 1.38. The maximum Gasteiger partial charge on any atom is 1.00 e. The van der Waals surface area contributed by atoms with Crippen molar-refractivity contribution in [2.45, 2.75) is 0 Å². The Hall–Kier alpha value is -0.944. The molecule has 2 aromatic heterocycles. The van der Waals surface area contributed by atoms with Gasteiger partial charge in [0.05, 0.1) is 14.2 Å². The molecule has 0 aliphatic carbocycles. The molecule has 0 fully saturated rings. The van der Waals surface area contributed by atoms with E-state index in [1.807, 2.05) is 0 Å². The fourth-order valence-corrected chi connectivity index (χ4v) is 0.739. The third-order valence-electron chi connectivity index (χ3n) is 1.38. The monoisotopic (exact) mass is 278 g/mol. The molecule has 2 heterocycles. The number of hydrogen-bond acceptors (Lipinski definition) is 8. The summed E-state index contributed by atoms with van der Waals surface area (Å²) in [6.07, 6.45) is 4.31. The second kappa shape index (κ2) is 10.0. The van der Waals surface area contributed by atoms with Gasteiger partial charge in [-0.3, -0.25) is 4.98 Å². The second-order valence-electron chi connectivity index (χ2n) is 2.44. The van der Waals surface area contributed by atoms with Gasteiger partial charge in [0.1, 0.15) is 19.0 Å². The normalized spacial score (nSPS) is 8.33. The quantitative estimate of drug-likeness (QED) is 0.555. The number of aromatic amines is 1. The second-order valence-corrected chi connectivity index (χ2v) is 2.44. The molecule has 0 bridgehead atoms. The van der Waals surface area contributed by atoms with Gasteiger partial charge in [0.2, 0.25) is 0 Å². The molecule has 0 aliphatic rings. The van der Waals surface area contributed by atoms with Crippen molar-refractivity contribution in [2.24, 2.45) is 0 Å². The van der Waals surface area contributed by atoms with E-state index >= 15 is 0 Å². The van der Waals surface area contributed by atoms with Gasteiger partial charge < -0.3 is 10.9 Å². The predicted molar refractivity (Wildman–Crippen MR) is 56.7 cm³/mol. The summed E-state index contributed by atoms with van der Waals surface area (Å²) in [5.41, 5.74) is -0.547. The molecule has 2 rings (SSSR count). The number of nitrogens with one attached hydrogen (secondary N) is 1. The molecule has 0 aliphatic heterocycles. The molecular weight excluding hydrogens is 267 g/mol. The first-order valence-corrected chi connectivity index (χ1v) is 4.37. The predicted octanol–water partition coefficient (Wildman–Crippen LogP) is -3.83. The van der Waals surface area contributed by atoms with Crippen LogP contribution in [0, 0.1) is 0 Å². The van der Waals surface area contributed by atoms with Crippen LogP contribution in [0.25, 0.3) is 0 Å². The Morgan fingerprint density at radius 1 is 1.06 bits per heavy atom. The number of aromatic nitrogens is 6. The fraction of sp³-hybridized carbons (Fsp3) is 0.250. The molecule has 2 aromatic rings. The summed E-state index contributed by atoms with van der Waals surface area (Å²) in [7, 11) is 2.76. The van der Waals surface area contributed by atoms with Crippen LogP contribution < -0.4 is 66.5 Å². The molecule has 0 saturated heterocycles. The summed E-state index contributed by atoms with van der Waals surface area (Å²) in [5, 5.41) is 0. The largest absolute Gasteiger partial charge is 1.00 e. The van der Waals surface area contributed by atoms with Gasteiger partial charge in [0, 0.05) is 0 Å². The third kappa shape index (κ3) is 6.71. The van der Waals surface area contributed by atoms with Gasteiger partial charge in [-0.1, -0.05) is 0 Å². The molecule has 0 saturated carbocycles. The molecule has 0 radical (unpaired) electrons. The molecule has 0 atom stereocenters. The summed E-state index contributed by atoms with van der Waals surface area (Å²) in [6.45, 7) is 0. The minimum atomic E-state index is -0.547. The van der Waals surface area contributed by atoms with Gasteiger partial charge in [0.15, 0.2) is 0 Å². The zero-order valence-electron chi connectivity index (χ0n) is 11.2. The first-order chi connectivity index (χ1) is 8.26. The zero-order chi connectivity index (χ0) is 12.5. The van der Waals surface area contributed by atoms with Gasteiger partial charge in [-0.15, -0.1) is 9.97 Å². The number of nitrogens with zero attached hydrogens (tertiary/aromatic N) is 5. The molecule has 18 heavy (non-hydrogen) atoms. The van der Waals surface area contributed by atoms with Gasteiger partial charge in [0.25, 0.3) is 0 Å². The molecule has 0 aromatic carbocycles. The van der Waals surface area contributed by atoms with Gasteiger partial charge in [-0.2, -0.15) is 0 Å². The molecule has 9 nitrogen and oxygen atoms in total. The average molecular weight is 278 g/mol. The van der Waals surface area contributed by atoms with Crippen LogP contribution in [0.4, 0.5) is 0 Å². The SMILES string of the molecule is COc1nc(OC)[nH]c(=O)n1.[H-].[K+].c1ncncn1. The number of rotatable bonds is 2. The van der Waals surface area contributed by atoms with Crippen molar-refractivity contribution in [1.82, 2.24) is 29.9 Å². The number of hydrogen-bond donors (Lipinski definition) is 1. The molecule has 92 valence electrons. The summed E-state index contributed by atoms with van der Waals surface area (Å²) in [5.74, 6) is 0. The molecule has 0 unspecified atom stereocenters. The van der Waals surface area contributed by atoms with Crippen LogP contribution in [0.3, 0.4) is 0 Å². The Morgan fingerprint density at radius 2 is 1.61 bits per heavy atom. The van der Waals surface area contributed by atoms with E-state index < -0.39 is 5.69 Å². The Morgan fingerprint density at radius 3 is 2.00 bits per heavy atom. The van der Waals surface area contributed by atoms with Crippen molar-refractivity contribution >= 4 is 0 Å². The van der Waals surface area contributed by atoms with Gasteiger partial charge in [-0.25, -0.2) is 19.7 Å². The first kappa shape index (κ1) is 17.1. The van der Waals surface area contributed by atoms with Crippen molar-refractivity contribution < 1.29 is 62.3 Å². The Bertz CT molecular complexity index is 447. The van der Waals surface area contributed by atoms with Gasteiger partial charge >= 0.3 is 69.1 Å². The standard InChI is InChI=1S/C5H7N3O3.C3H3N3.K.H/c1-10-4-6-3(9)7-5(8-4)11-2;1-4-2-6-3-5-1;;/h1-2H3,(H,6,7,8,9);1-3H;;/q;;+1;-1. The summed E-state index contributed by atoms with van der Waals surface area (Å²) in [6, 6.07) is 0.0763. The molecule has 0 spiro atoms. The number of ether oxygens (including phenoxy) is 2. The Labute approximate surface area is 146 Å². The molecule has 0 amide bonds. The van der Waals surface area contributed by atoms with Crippen LogP contribution in [0.5, 0.6) is 12.0 Å². The van der Waals surface area contributed by atoms with Crippen LogP contribution >= 0.6 is 0 Å². The fourth-order valence-electron chi connectivity index (χ4n) is 0.739. The maximum atomic E-state index is 10.7. The zero-order valence-corrected chi connectivity index (χ0v) is 13.3. The smallest absolute Gasteiger partial charge is 1.00 e. The van der Waals surface area contributed by atoms with E-state index in [2.05, 4.69) is 39.4 Å². The minimum Gasteiger partial charge on any atom is -1.00 e.